The summed E-state index contributed by atoms with van der Waals surface area (Å²) in [5, 5.41) is 7.55. The number of carbonyl (C=O) groups excluding carboxylic acids is 1. The molecule has 1 amide bonds. The topological polar surface area (TPSA) is 78.7 Å². The van der Waals surface area contributed by atoms with Crippen molar-refractivity contribution < 1.29 is 13.6 Å². The molecule has 36 heavy (non-hydrogen) atoms. The molecular formula is C26H25F2N7O. The van der Waals surface area contributed by atoms with Crippen LogP contribution in [0.5, 0.6) is 0 Å². The second-order valence-electron chi connectivity index (χ2n) is 9.18. The highest BCUT2D eigenvalue weighted by Gasteiger charge is 2.30. The molecule has 8 nitrogen and oxygen atoms in total. The first-order chi connectivity index (χ1) is 17.6. The number of hydrogen-bond donors (Lipinski definition) is 1. The van der Waals surface area contributed by atoms with E-state index in [-0.39, 0.29) is 11.9 Å². The van der Waals surface area contributed by atoms with Crippen molar-refractivity contribution in [2.45, 2.75) is 31.7 Å². The Bertz CT molecular complexity index is 1420. The summed E-state index contributed by atoms with van der Waals surface area (Å²) in [4.78, 5) is 25.9. The van der Waals surface area contributed by atoms with Crippen molar-refractivity contribution in [3.63, 3.8) is 0 Å². The van der Waals surface area contributed by atoms with E-state index in [1.807, 2.05) is 17.0 Å². The molecule has 1 N–H and O–H groups in total. The lowest BCUT2D eigenvalue weighted by atomic mass is 10.0. The van der Waals surface area contributed by atoms with Crippen LogP contribution in [0.2, 0.25) is 0 Å². The summed E-state index contributed by atoms with van der Waals surface area (Å²) in [5.74, 6) is 0.663. The molecule has 1 aromatic carbocycles. The molecule has 0 spiro atoms. The lowest BCUT2D eigenvalue weighted by Gasteiger charge is -2.26. The van der Waals surface area contributed by atoms with E-state index >= 15 is 0 Å². The SMILES string of the molecule is O=C(Nc1cnc2ccc(N3CCC[C@@H]3c3cc(F)ccc3F)nn12)c1ccc(N2CCCC2)nc1. The largest absolute Gasteiger partial charge is 0.357 e. The summed E-state index contributed by atoms with van der Waals surface area (Å²) >= 11 is 0. The van der Waals surface area contributed by atoms with E-state index in [0.717, 1.165) is 50.3 Å². The molecular weight excluding hydrogens is 464 g/mol. The van der Waals surface area contributed by atoms with Crippen molar-refractivity contribution in [1.29, 1.82) is 0 Å². The third-order valence-corrected chi connectivity index (χ3v) is 6.89. The zero-order valence-electron chi connectivity index (χ0n) is 19.6. The van der Waals surface area contributed by atoms with Gasteiger partial charge in [-0.15, -0.1) is 5.10 Å². The minimum Gasteiger partial charge on any atom is -0.357 e. The van der Waals surface area contributed by atoms with Crippen LogP contribution in [-0.2, 0) is 0 Å². The van der Waals surface area contributed by atoms with Gasteiger partial charge in [0.05, 0.1) is 17.8 Å². The Morgan fingerprint density at radius 1 is 0.917 bits per heavy atom. The van der Waals surface area contributed by atoms with E-state index < -0.39 is 11.6 Å². The molecule has 2 aliphatic heterocycles. The van der Waals surface area contributed by atoms with E-state index in [4.69, 9.17) is 0 Å². The monoisotopic (exact) mass is 489 g/mol. The molecule has 0 radical (unpaired) electrons. The lowest BCUT2D eigenvalue weighted by Crippen LogP contribution is -2.25. The zero-order chi connectivity index (χ0) is 24.6. The minimum atomic E-state index is -0.468. The molecule has 10 heteroatoms. The molecule has 2 aliphatic rings. The molecule has 6 rings (SSSR count). The van der Waals surface area contributed by atoms with Crippen molar-refractivity contribution >= 4 is 29.0 Å². The summed E-state index contributed by atoms with van der Waals surface area (Å²) < 4.78 is 29.9. The number of benzene rings is 1. The number of nitrogens with zero attached hydrogens (tertiary/aromatic N) is 6. The third kappa shape index (κ3) is 4.12. The number of carbonyl (C=O) groups is 1. The first-order valence-electron chi connectivity index (χ1n) is 12.2. The van der Waals surface area contributed by atoms with Crippen molar-refractivity contribution in [1.82, 2.24) is 19.6 Å². The smallest absolute Gasteiger partial charge is 0.258 e. The van der Waals surface area contributed by atoms with Crippen LogP contribution in [0.25, 0.3) is 5.65 Å². The number of rotatable bonds is 5. The minimum absolute atomic E-state index is 0.314. The van der Waals surface area contributed by atoms with Crippen LogP contribution in [0.15, 0.2) is 54.9 Å². The predicted molar refractivity (Wildman–Crippen MR) is 132 cm³/mol. The maximum atomic E-state index is 14.5. The fourth-order valence-electron chi connectivity index (χ4n) is 5.08. The Labute approximate surface area is 206 Å². The molecule has 0 saturated carbocycles. The average molecular weight is 490 g/mol. The number of nitrogens with one attached hydrogen (secondary N) is 1. The zero-order valence-corrected chi connectivity index (χ0v) is 19.6. The van der Waals surface area contributed by atoms with Gasteiger partial charge in [-0.25, -0.2) is 18.7 Å². The van der Waals surface area contributed by atoms with Gasteiger partial charge in [0.1, 0.15) is 23.3 Å². The average Bonchev–Trinajstić information content (AvgIpc) is 3.67. The summed E-state index contributed by atoms with van der Waals surface area (Å²) in [6.45, 7) is 2.63. The van der Waals surface area contributed by atoms with Crippen LogP contribution in [0.4, 0.5) is 26.2 Å². The number of fused-ring (bicyclic) bond motifs is 1. The fraction of sp³-hybridized carbons (Fsp3) is 0.308. The summed E-state index contributed by atoms with van der Waals surface area (Å²) in [5.41, 5.74) is 1.31. The standard InChI is InChI=1S/C26H25F2N7O/c27-18-6-7-20(28)19(14-18)21-4-3-13-34(21)24-10-9-23-30-16-25(35(23)32-24)31-26(36)17-5-8-22(29-15-17)33-11-1-2-12-33/h5-10,14-16,21H,1-4,11-13H2,(H,31,36)/t21-/m1/s1. The van der Waals surface area contributed by atoms with Gasteiger partial charge in [-0.3, -0.25) is 4.79 Å². The van der Waals surface area contributed by atoms with Gasteiger partial charge in [-0.05, 0) is 68.1 Å². The van der Waals surface area contributed by atoms with Gasteiger partial charge in [0.2, 0.25) is 0 Å². The maximum Gasteiger partial charge on any atom is 0.258 e. The first kappa shape index (κ1) is 22.4. The van der Waals surface area contributed by atoms with E-state index in [1.165, 1.54) is 6.07 Å². The second kappa shape index (κ2) is 9.18. The Hall–Kier alpha value is -4.08. The van der Waals surface area contributed by atoms with Gasteiger partial charge in [0.15, 0.2) is 11.5 Å². The number of pyridine rings is 1. The molecule has 3 aromatic heterocycles. The molecule has 4 aromatic rings. The molecule has 1 atom stereocenters. The Balaban J connectivity index is 1.24. The van der Waals surface area contributed by atoms with Crippen molar-refractivity contribution in [3.05, 3.63) is 77.6 Å². The quantitative estimate of drug-likeness (QED) is 0.442. The maximum absolute atomic E-state index is 14.5. The number of halogens is 2. The first-order valence-corrected chi connectivity index (χ1v) is 12.2. The molecule has 2 fully saturated rings. The fourth-order valence-corrected chi connectivity index (χ4v) is 5.08. The Morgan fingerprint density at radius 2 is 1.75 bits per heavy atom. The van der Waals surface area contributed by atoms with Crippen LogP contribution < -0.4 is 15.1 Å². The number of aromatic nitrogens is 4. The molecule has 0 unspecified atom stereocenters. The van der Waals surface area contributed by atoms with Gasteiger partial charge in [-0.1, -0.05) is 0 Å². The van der Waals surface area contributed by atoms with Crippen LogP contribution in [-0.4, -0.2) is 45.1 Å². The molecule has 5 heterocycles. The van der Waals surface area contributed by atoms with E-state index in [9.17, 15) is 13.6 Å². The van der Waals surface area contributed by atoms with Crippen LogP contribution in [0.1, 0.15) is 47.6 Å². The van der Waals surface area contributed by atoms with Crippen molar-refractivity contribution in [2.75, 3.05) is 34.8 Å². The highest BCUT2D eigenvalue weighted by Crippen LogP contribution is 2.36. The highest BCUT2D eigenvalue weighted by molar-refractivity contribution is 6.03. The predicted octanol–water partition coefficient (Wildman–Crippen LogP) is 4.60. The molecule has 2 saturated heterocycles. The van der Waals surface area contributed by atoms with Crippen LogP contribution in [0, 0.1) is 11.6 Å². The number of hydrogen-bond acceptors (Lipinski definition) is 6. The summed E-state index contributed by atoms with van der Waals surface area (Å²) in [6, 6.07) is 10.4. The normalized spacial score (nSPS) is 17.8. The molecule has 0 aliphatic carbocycles. The van der Waals surface area contributed by atoms with E-state index in [2.05, 4.69) is 25.3 Å². The van der Waals surface area contributed by atoms with Crippen LogP contribution in [0.3, 0.4) is 0 Å². The Kier molecular flexibility index (Phi) is 5.71. The van der Waals surface area contributed by atoms with Gasteiger partial charge in [0.25, 0.3) is 5.91 Å². The van der Waals surface area contributed by atoms with Crippen molar-refractivity contribution in [3.8, 4) is 0 Å². The summed E-state index contributed by atoms with van der Waals surface area (Å²) in [7, 11) is 0. The molecule has 184 valence electrons. The Morgan fingerprint density at radius 3 is 2.56 bits per heavy atom. The van der Waals surface area contributed by atoms with Crippen LogP contribution >= 0.6 is 0 Å². The van der Waals surface area contributed by atoms with Gasteiger partial charge in [0, 0.05) is 31.4 Å². The second-order valence-corrected chi connectivity index (χ2v) is 9.18. The number of anilines is 3. The highest BCUT2D eigenvalue weighted by atomic mass is 19.1. The number of amides is 1. The van der Waals surface area contributed by atoms with Gasteiger partial charge >= 0.3 is 0 Å². The molecule has 0 bridgehead atoms. The lowest BCUT2D eigenvalue weighted by molar-refractivity contribution is 0.102. The van der Waals surface area contributed by atoms with E-state index in [1.54, 1.807) is 29.0 Å². The van der Waals surface area contributed by atoms with Gasteiger partial charge < -0.3 is 15.1 Å². The van der Waals surface area contributed by atoms with Crippen molar-refractivity contribution in [2.24, 2.45) is 0 Å². The van der Waals surface area contributed by atoms with Gasteiger partial charge in [-0.2, -0.15) is 4.52 Å². The summed E-state index contributed by atoms with van der Waals surface area (Å²) in [6.07, 6.45) is 6.95. The number of imidazole rings is 1. The third-order valence-electron chi connectivity index (χ3n) is 6.89. The van der Waals surface area contributed by atoms with E-state index in [0.29, 0.717) is 41.4 Å².